The second-order valence-electron chi connectivity index (χ2n) is 6.31. The van der Waals surface area contributed by atoms with Crippen molar-refractivity contribution in [2.75, 3.05) is 6.54 Å². The van der Waals surface area contributed by atoms with Crippen LogP contribution in [0.15, 0.2) is 34.7 Å². The number of benzene rings is 1. The molecule has 0 radical (unpaired) electrons. The predicted octanol–water partition coefficient (Wildman–Crippen LogP) is 2.63. The molecule has 116 valence electrons. The van der Waals surface area contributed by atoms with Gasteiger partial charge in [0.2, 0.25) is 6.08 Å². The summed E-state index contributed by atoms with van der Waals surface area (Å²) in [6.45, 7) is 8.32. The van der Waals surface area contributed by atoms with Crippen LogP contribution >= 0.6 is 0 Å². The number of rotatable bonds is 4. The Bertz CT molecular complexity index is 618. The van der Waals surface area contributed by atoms with Crippen LogP contribution in [-0.4, -0.2) is 30.9 Å². The third kappa shape index (κ3) is 3.37. The largest absolute Gasteiger partial charge is 0.491 e. The van der Waals surface area contributed by atoms with Gasteiger partial charge in [0.1, 0.15) is 0 Å². The third-order valence-corrected chi connectivity index (χ3v) is 4.19. The highest BCUT2D eigenvalue weighted by Gasteiger charge is 2.52. The maximum absolute atomic E-state index is 10.3. The molecule has 2 N–H and O–H groups in total. The molecule has 5 nitrogen and oxygen atoms in total. The summed E-state index contributed by atoms with van der Waals surface area (Å²) in [6, 6.07) is 7.25. The van der Waals surface area contributed by atoms with E-state index in [-0.39, 0.29) is 0 Å². The molecule has 1 aliphatic rings. The molecule has 22 heavy (non-hydrogen) atoms. The Morgan fingerprint density at radius 2 is 1.95 bits per heavy atom. The van der Waals surface area contributed by atoms with E-state index in [1.165, 1.54) is 6.08 Å². The van der Waals surface area contributed by atoms with Crippen molar-refractivity contribution >= 4 is 25.0 Å². The van der Waals surface area contributed by atoms with Crippen molar-refractivity contribution in [3.63, 3.8) is 0 Å². The summed E-state index contributed by atoms with van der Waals surface area (Å²) in [5.41, 5.74) is 7.32. The topological polar surface area (TPSA) is 73.9 Å². The highest BCUT2D eigenvalue weighted by Crippen LogP contribution is 2.38. The van der Waals surface area contributed by atoms with E-state index in [4.69, 9.17) is 15.0 Å². The molecule has 0 aliphatic carbocycles. The van der Waals surface area contributed by atoms with Gasteiger partial charge < -0.3 is 15.0 Å². The number of nitrogens with zero attached hydrogens (tertiary/aromatic N) is 1. The zero-order chi connectivity index (χ0) is 16.4. The fourth-order valence-corrected chi connectivity index (χ4v) is 2.17. The highest BCUT2D eigenvalue weighted by molar-refractivity contribution is 6.55. The van der Waals surface area contributed by atoms with E-state index in [2.05, 4.69) is 4.99 Å². The molecule has 0 saturated carbocycles. The van der Waals surface area contributed by atoms with Crippen molar-refractivity contribution in [1.82, 2.24) is 0 Å². The molecular weight excluding hydrogens is 279 g/mol. The minimum Gasteiger partial charge on any atom is -0.400 e. The van der Waals surface area contributed by atoms with E-state index in [9.17, 15) is 4.79 Å². The Balaban J connectivity index is 2.29. The van der Waals surface area contributed by atoms with Gasteiger partial charge >= 0.3 is 7.12 Å². The average Bonchev–Trinajstić information content (AvgIpc) is 2.65. The molecule has 2 rings (SSSR count). The van der Waals surface area contributed by atoms with Crippen LogP contribution in [0.4, 0.5) is 5.69 Å². The normalized spacial score (nSPS) is 19.9. The number of isocyanates is 1. The Morgan fingerprint density at radius 3 is 2.50 bits per heavy atom. The van der Waals surface area contributed by atoms with Crippen LogP contribution in [0.25, 0.3) is 6.08 Å². The van der Waals surface area contributed by atoms with Crippen LogP contribution in [0.1, 0.15) is 33.3 Å². The quantitative estimate of drug-likeness (QED) is 0.527. The number of hydrogen-bond donors (Lipinski definition) is 1. The van der Waals surface area contributed by atoms with Crippen molar-refractivity contribution < 1.29 is 14.1 Å². The third-order valence-electron chi connectivity index (χ3n) is 4.19. The molecule has 1 aromatic rings. The number of nitrogens with two attached hydrogens (primary N) is 1. The number of carbonyl (C=O) groups excluding carboxylic acids is 1. The van der Waals surface area contributed by atoms with E-state index < -0.39 is 18.3 Å². The molecule has 0 spiro atoms. The second kappa shape index (κ2) is 6.19. The van der Waals surface area contributed by atoms with Crippen molar-refractivity contribution in [2.45, 2.75) is 38.9 Å². The Morgan fingerprint density at radius 1 is 1.32 bits per heavy atom. The van der Waals surface area contributed by atoms with Crippen molar-refractivity contribution in [3.8, 4) is 0 Å². The number of aliphatic imine (C=N–C) groups is 1. The lowest BCUT2D eigenvalue weighted by Crippen LogP contribution is -2.41. The molecule has 0 unspecified atom stereocenters. The molecule has 1 fully saturated rings. The van der Waals surface area contributed by atoms with Gasteiger partial charge in [0, 0.05) is 6.54 Å². The predicted molar refractivity (Wildman–Crippen MR) is 87.3 cm³/mol. The van der Waals surface area contributed by atoms with Crippen molar-refractivity contribution in [3.05, 3.63) is 35.3 Å². The van der Waals surface area contributed by atoms with Gasteiger partial charge in [-0.15, -0.1) is 0 Å². The Kier molecular flexibility index (Phi) is 4.68. The van der Waals surface area contributed by atoms with Gasteiger partial charge in [0.25, 0.3) is 0 Å². The van der Waals surface area contributed by atoms with Crippen LogP contribution < -0.4 is 5.73 Å². The molecule has 6 heteroatoms. The van der Waals surface area contributed by atoms with Gasteiger partial charge in [-0.25, -0.2) is 4.79 Å². The summed E-state index contributed by atoms with van der Waals surface area (Å²) in [4.78, 5) is 14.0. The van der Waals surface area contributed by atoms with Gasteiger partial charge in [0.15, 0.2) is 0 Å². The van der Waals surface area contributed by atoms with Gasteiger partial charge in [-0.3, -0.25) is 0 Å². The van der Waals surface area contributed by atoms with E-state index >= 15 is 0 Å². The molecule has 1 aliphatic heterocycles. The minimum absolute atomic E-state index is 0.317. The summed E-state index contributed by atoms with van der Waals surface area (Å²) in [6.07, 6.45) is 3.44. The molecule has 1 heterocycles. The average molecular weight is 300 g/mol. The maximum atomic E-state index is 10.3. The number of hydrogen-bond acceptors (Lipinski definition) is 5. The lowest BCUT2D eigenvalue weighted by molar-refractivity contribution is 0.00578. The van der Waals surface area contributed by atoms with Gasteiger partial charge in [-0.1, -0.05) is 18.2 Å². The minimum atomic E-state index is -0.478. The molecular formula is C16H21BN2O3. The van der Waals surface area contributed by atoms with E-state index in [1.807, 2.05) is 45.9 Å². The SMILES string of the molecule is CC1(C)OB(C(=Cc2cccc(N=C=O)c2)CN)OC1(C)C. The smallest absolute Gasteiger partial charge is 0.400 e. The Hall–Kier alpha value is -1.72. The lowest BCUT2D eigenvalue weighted by Gasteiger charge is -2.32. The van der Waals surface area contributed by atoms with Crippen molar-refractivity contribution in [2.24, 2.45) is 10.7 Å². The molecule has 0 bridgehead atoms. The van der Waals surface area contributed by atoms with E-state index in [0.717, 1.165) is 11.0 Å². The fraction of sp³-hybridized carbons (Fsp3) is 0.438. The van der Waals surface area contributed by atoms with Gasteiger partial charge in [-0.2, -0.15) is 4.99 Å². The van der Waals surface area contributed by atoms with Crippen LogP contribution in [0.2, 0.25) is 0 Å². The molecule has 0 amide bonds. The summed E-state index contributed by atoms with van der Waals surface area (Å²) < 4.78 is 12.0. The summed E-state index contributed by atoms with van der Waals surface area (Å²) in [7, 11) is -0.478. The van der Waals surface area contributed by atoms with Crippen LogP contribution in [0, 0.1) is 0 Å². The van der Waals surface area contributed by atoms with E-state index in [1.54, 1.807) is 12.1 Å². The first-order valence-corrected chi connectivity index (χ1v) is 7.23. The van der Waals surface area contributed by atoms with Gasteiger partial charge in [-0.05, 0) is 50.9 Å². The van der Waals surface area contributed by atoms with Crippen LogP contribution in [-0.2, 0) is 14.1 Å². The molecule has 1 aromatic carbocycles. The molecule has 0 aromatic heterocycles. The lowest BCUT2D eigenvalue weighted by atomic mass is 9.77. The first-order chi connectivity index (χ1) is 10.3. The highest BCUT2D eigenvalue weighted by atomic mass is 16.7. The standard InChI is InChI=1S/C16H21BN2O3/c1-15(2)16(3,4)22-17(21-15)13(10-18)8-12-6-5-7-14(9-12)19-11-20/h5-9H,10,18H2,1-4H3. The zero-order valence-electron chi connectivity index (χ0n) is 13.4. The summed E-state index contributed by atoms with van der Waals surface area (Å²) in [5, 5.41) is 0. The van der Waals surface area contributed by atoms with Crippen LogP contribution in [0.3, 0.4) is 0 Å². The van der Waals surface area contributed by atoms with Gasteiger partial charge in [0.05, 0.1) is 16.9 Å². The summed E-state index contributed by atoms with van der Waals surface area (Å²) in [5.74, 6) is 0. The first kappa shape index (κ1) is 16.7. The first-order valence-electron chi connectivity index (χ1n) is 7.23. The molecule has 1 saturated heterocycles. The zero-order valence-corrected chi connectivity index (χ0v) is 13.4. The summed E-state index contributed by atoms with van der Waals surface area (Å²) >= 11 is 0. The fourth-order valence-electron chi connectivity index (χ4n) is 2.17. The second-order valence-corrected chi connectivity index (χ2v) is 6.31. The maximum Gasteiger partial charge on any atom is 0.491 e. The van der Waals surface area contributed by atoms with E-state index in [0.29, 0.717) is 12.2 Å². The van der Waals surface area contributed by atoms with Crippen molar-refractivity contribution in [1.29, 1.82) is 0 Å². The monoisotopic (exact) mass is 300 g/mol. The molecule has 0 atom stereocenters. The Labute approximate surface area is 131 Å². The van der Waals surface area contributed by atoms with Crippen LogP contribution in [0.5, 0.6) is 0 Å².